The van der Waals surface area contributed by atoms with Crippen LogP contribution in [-0.2, 0) is 11.3 Å². The molecule has 1 saturated heterocycles. The van der Waals surface area contributed by atoms with Crippen molar-refractivity contribution in [3.8, 4) is 5.75 Å². The van der Waals surface area contributed by atoms with E-state index in [1.165, 1.54) is 0 Å². The topological polar surface area (TPSA) is 81.5 Å². The average molecular weight is 409 g/mol. The molecule has 1 aromatic carbocycles. The van der Waals surface area contributed by atoms with Crippen LogP contribution in [0.2, 0.25) is 0 Å². The number of hydrogen-bond donors (Lipinski definition) is 1. The fourth-order valence-corrected chi connectivity index (χ4v) is 3.92. The summed E-state index contributed by atoms with van der Waals surface area (Å²) in [5.41, 5.74) is 2.51. The summed E-state index contributed by atoms with van der Waals surface area (Å²) in [4.78, 5) is 23.8. The number of benzene rings is 1. The molecule has 0 radical (unpaired) electrons. The van der Waals surface area contributed by atoms with E-state index < -0.39 is 0 Å². The molecule has 0 spiro atoms. The van der Waals surface area contributed by atoms with Crippen LogP contribution in [0.15, 0.2) is 42.6 Å². The van der Waals surface area contributed by atoms with Crippen LogP contribution in [0.3, 0.4) is 0 Å². The number of nitrogens with one attached hydrogen (secondary N) is 1. The molecule has 1 N–H and O–H groups in total. The number of imidazole rings is 1. The van der Waals surface area contributed by atoms with Crippen LogP contribution in [0.4, 0.5) is 10.5 Å². The van der Waals surface area contributed by atoms with Crippen molar-refractivity contribution in [1.29, 1.82) is 0 Å². The number of urea groups is 1. The zero-order valence-corrected chi connectivity index (χ0v) is 17.4. The molecule has 0 saturated carbocycles. The van der Waals surface area contributed by atoms with Gasteiger partial charge in [0.1, 0.15) is 23.7 Å². The Kier molecular flexibility index (Phi) is 6.13. The van der Waals surface area contributed by atoms with Gasteiger partial charge in [0.2, 0.25) is 0 Å². The van der Waals surface area contributed by atoms with E-state index >= 15 is 0 Å². The quantitative estimate of drug-likeness (QED) is 0.669. The Hall–Kier alpha value is -3.13. The molecule has 8 heteroatoms. The number of amides is 2. The van der Waals surface area contributed by atoms with Crippen molar-refractivity contribution in [3.05, 3.63) is 48.4 Å². The first-order valence-electron chi connectivity index (χ1n) is 10.3. The maximum absolute atomic E-state index is 12.7. The molecule has 8 nitrogen and oxygen atoms in total. The molecule has 3 heterocycles. The van der Waals surface area contributed by atoms with Crippen LogP contribution < -0.4 is 10.1 Å². The van der Waals surface area contributed by atoms with Crippen molar-refractivity contribution >= 4 is 22.9 Å². The van der Waals surface area contributed by atoms with Gasteiger partial charge < -0.3 is 24.3 Å². The van der Waals surface area contributed by atoms with E-state index in [1.807, 2.05) is 48.2 Å². The Morgan fingerprint density at radius 1 is 1.20 bits per heavy atom. The zero-order chi connectivity index (χ0) is 20.9. The van der Waals surface area contributed by atoms with Gasteiger partial charge in [0.25, 0.3) is 0 Å². The maximum atomic E-state index is 12.7. The summed E-state index contributed by atoms with van der Waals surface area (Å²) in [6.07, 6.45) is 3.47. The van der Waals surface area contributed by atoms with Gasteiger partial charge in [-0.3, -0.25) is 0 Å². The summed E-state index contributed by atoms with van der Waals surface area (Å²) in [6, 6.07) is 11.5. The highest BCUT2D eigenvalue weighted by atomic mass is 16.5. The summed E-state index contributed by atoms with van der Waals surface area (Å²) >= 11 is 0. The summed E-state index contributed by atoms with van der Waals surface area (Å²) < 4.78 is 13.0. The van der Waals surface area contributed by atoms with E-state index in [0.717, 1.165) is 41.3 Å². The number of methoxy groups -OCH3 is 1. The van der Waals surface area contributed by atoms with E-state index in [9.17, 15) is 4.79 Å². The Morgan fingerprint density at radius 2 is 1.97 bits per heavy atom. The van der Waals surface area contributed by atoms with Gasteiger partial charge in [0, 0.05) is 38.1 Å². The minimum absolute atomic E-state index is 0.0802. The van der Waals surface area contributed by atoms with Crippen molar-refractivity contribution in [2.45, 2.75) is 32.4 Å². The van der Waals surface area contributed by atoms with Crippen LogP contribution in [0, 0.1) is 0 Å². The highest BCUT2D eigenvalue weighted by Crippen LogP contribution is 2.28. The van der Waals surface area contributed by atoms with Crippen LogP contribution >= 0.6 is 0 Å². The average Bonchev–Trinajstić information content (AvgIpc) is 3.13. The Morgan fingerprint density at radius 3 is 2.67 bits per heavy atom. The predicted molar refractivity (Wildman–Crippen MR) is 115 cm³/mol. The van der Waals surface area contributed by atoms with Crippen molar-refractivity contribution in [3.63, 3.8) is 0 Å². The fraction of sp³-hybridized carbons (Fsp3) is 0.409. The molecule has 1 fully saturated rings. The van der Waals surface area contributed by atoms with Gasteiger partial charge in [-0.15, -0.1) is 0 Å². The zero-order valence-electron chi connectivity index (χ0n) is 17.4. The van der Waals surface area contributed by atoms with E-state index in [2.05, 4.69) is 19.9 Å². The number of hydrogen-bond acceptors (Lipinski definition) is 5. The molecular weight excluding hydrogens is 382 g/mol. The SMILES string of the molecule is CCOc1ccc(NC(=O)N2CCC(n3c(COC)nc4cccnc43)CC2)cc1. The van der Waals surface area contributed by atoms with E-state index in [-0.39, 0.29) is 12.1 Å². The third-order valence-corrected chi connectivity index (χ3v) is 5.33. The largest absolute Gasteiger partial charge is 0.494 e. The normalized spacial score (nSPS) is 14.8. The second-order valence-corrected chi connectivity index (χ2v) is 7.28. The van der Waals surface area contributed by atoms with E-state index in [0.29, 0.717) is 26.3 Å². The van der Waals surface area contributed by atoms with Gasteiger partial charge in [-0.1, -0.05) is 0 Å². The molecule has 0 atom stereocenters. The Balaban J connectivity index is 1.41. The maximum Gasteiger partial charge on any atom is 0.321 e. The molecule has 158 valence electrons. The fourth-order valence-electron chi connectivity index (χ4n) is 3.92. The second kappa shape index (κ2) is 9.13. The minimum Gasteiger partial charge on any atom is -0.494 e. The molecule has 3 aromatic rings. The van der Waals surface area contributed by atoms with Crippen molar-refractivity contribution in [2.75, 3.05) is 32.1 Å². The van der Waals surface area contributed by atoms with Crippen LogP contribution in [-0.4, -0.2) is 52.3 Å². The number of ether oxygens (including phenoxy) is 2. The van der Waals surface area contributed by atoms with Gasteiger partial charge in [-0.05, 0) is 56.2 Å². The number of carbonyl (C=O) groups excluding carboxylic acids is 1. The van der Waals surface area contributed by atoms with Gasteiger partial charge in [-0.2, -0.15) is 0 Å². The predicted octanol–water partition coefficient (Wildman–Crippen LogP) is 3.85. The van der Waals surface area contributed by atoms with Gasteiger partial charge >= 0.3 is 6.03 Å². The Labute approximate surface area is 175 Å². The number of piperidine rings is 1. The van der Waals surface area contributed by atoms with Crippen LogP contribution in [0.1, 0.15) is 31.6 Å². The Bertz CT molecular complexity index is 994. The summed E-state index contributed by atoms with van der Waals surface area (Å²) in [5.74, 6) is 1.67. The minimum atomic E-state index is -0.0802. The first-order valence-corrected chi connectivity index (χ1v) is 10.3. The number of fused-ring (bicyclic) bond motifs is 1. The number of carbonyl (C=O) groups is 1. The molecule has 0 bridgehead atoms. The molecule has 2 amide bonds. The first kappa shape index (κ1) is 20.2. The van der Waals surface area contributed by atoms with Crippen molar-refractivity contribution in [1.82, 2.24) is 19.4 Å². The first-order chi connectivity index (χ1) is 14.7. The lowest BCUT2D eigenvalue weighted by Crippen LogP contribution is -2.41. The number of aromatic nitrogens is 3. The number of anilines is 1. The lowest BCUT2D eigenvalue weighted by atomic mass is 10.0. The smallest absolute Gasteiger partial charge is 0.321 e. The van der Waals surface area contributed by atoms with Crippen LogP contribution in [0.5, 0.6) is 5.75 Å². The number of pyridine rings is 1. The third kappa shape index (κ3) is 4.23. The molecular formula is C22H27N5O3. The van der Waals surface area contributed by atoms with Gasteiger partial charge in [0.05, 0.1) is 6.61 Å². The van der Waals surface area contributed by atoms with Crippen LogP contribution in [0.25, 0.3) is 11.2 Å². The number of nitrogens with zero attached hydrogens (tertiary/aromatic N) is 4. The van der Waals surface area contributed by atoms with Gasteiger partial charge in [-0.25, -0.2) is 14.8 Å². The van der Waals surface area contributed by atoms with Crippen molar-refractivity contribution in [2.24, 2.45) is 0 Å². The number of likely N-dealkylation sites (tertiary alicyclic amines) is 1. The summed E-state index contributed by atoms with van der Waals surface area (Å²) in [5, 5.41) is 2.97. The highest BCUT2D eigenvalue weighted by molar-refractivity contribution is 5.89. The lowest BCUT2D eigenvalue weighted by Gasteiger charge is -2.33. The van der Waals surface area contributed by atoms with Gasteiger partial charge in [0.15, 0.2) is 5.65 Å². The van der Waals surface area contributed by atoms with E-state index in [4.69, 9.17) is 9.47 Å². The molecule has 1 aliphatic rings. The number of rotatable bonds is 6. The van der Waals surface area contributed by atoms with Crippen molar-refractivity contribution < 1.29 is 14.3 Å². The van der Waals surface area contributed by atoms with E-state index in [1.54, 1.807) is 13.3 Å². The molecule has 0 unspecified atom stereocenters. The monoisotopic (exact) mass is 409 g/mol. The standard InChI is InChI=1S/C22H27N5O3/c1-3-30-18-8-6-16(7-9-18)24-22(28)26-13-10-17(11-14-26)27-20(15-29-2)25-19-5-4-12-23-21(19)27/h4-9,12,17H,3,10-11,13-15H2,1-2H3,(H,24,28). The molecule has 1 aliphatic heterocycles. The molecule has 4 rings (SSSR count). The summed E-state index contributed by atoms with van der Waals surface area (Å²) in [6.45, 7) is 4.35. The second-order valence-electron chi connectivity index (χ2n) is 7.28. The third-order valence-electron chi connectivity index (χ3n) is 5.33. The molecule has 30 heavy (non-hydrogen) atoms. The molecule has 2 aromatic heterocycles. The summed E-state index contributed by atoms with van der Waals surface area (Å²) in [7, 11) is 1.67. The highest BCUT2D eigenvalue weighted by Gasteiger charge is 2.27. The molecule has 0 aliphatic carbocycles. The lowest BCUT2D eigenvalue weighted by molar-refractivity contribution is 0.162.